The maximum Gasteiger partial charge on any atom is 0.245 e. The van der Waals surface area contributed by atoms with Crippen LogP contribution < -0.4 is 10.6 Å². The summed E-state index contributed by atoms with van der Waals surface area (Å²) in [7, 11) is 0. The van der Waals surface area contributed by atoms with Crippen molar-refractivity contribution in [1.29, 1.82) is 0 Å². The van der Waals surface area contributed by atoms with Crippen LogP contribution in [0.25, 0.3) is 5.65 Å². The number of rotatable bonds is 3. The Morgan fingerprint density at radius 2 is 2.32 bits per heavy atom. The molecule has 0 spiro atoms. The second kappa shape index (κ2) is 5.17. The first kappa shape index (κ1) is 12.4. The molecule has 1 aliphatic heterocycles. The van der Waals surface area contributed by atoms with Crippen molar-refractivity contribution in [1.82, 2.24) is 14.6 Å². The molecular formula is C14H21N5. The fourth-order valence-corrected chi connectivity index (χ4v) is 2.91. The lowest BCUT2D eigenvalue weighted by Crippen LogP contribution is -2.41. The number of aromatic nitrogens is 3. The van der Waals surface area contributed by atoms with Gasteiger partial charge in [-0.2, -0.15) is 4.98 Å². The Labute approximate surface area is 113 Å². The van der Waals surface area contributed by atoms with E-state index in [-0.39, 0.29) is 0 Å². The lowest BCUT2D eigenvalue weighted by atomic mass is 10.00. The number of piperidine rings is 1. The van der Waals surface area contributed by atoms with Gasteiger partial charge < -0.3 is 10.6 Å². The highest BCUT2D eigenvalue weighted by molar-refractivity contribution is 5.51. The summed E-state index contributed by atoms with van der Waals surface area (Å²) in [5, 5.41) is 4.62. The second-order valence-corrected chi connectivity index (χ2v) is 5.29. The quantitative estimate of drug-likeness (QED) is 0.912. The van der Waals surface area contributed by atoms with Gasteiger partial charge in [-0.1, -0.05) is 6.07 Å². The number of pyridine rings is 1. The summed E-state index contributed by atoms with van der Waals surface area (Å²) in [6, 6.07) is 4.58. The highest BCUT2D eigenvalue weighted by atomic mass is 15.4. The van der Waals surface area contributed by atoms with E-state index >= 15 is 0 Å². The summed E-state index contributed by atoms with van der Waals surface area (Å²) in [4.78, 5) is 7.04. The molecule has 1 saturated heterocycles. The van der Waals surface area contributed by atoms with E-state index in [0.717, 1.165) is 36.7 Å². The molecule has 2 aromatic rings. The van der Waals surface area contributed by atoms with Crippen LogP contribution >= 0.6 is 0 Å². The van der Waals surface area contributed by atoms with E-state index in [2.05, 4.69) is 23.0 Å². The summed E-state index contributed by atoms with van der Waals surface area (Å²) in [5.41, 5.74) is 7.84. The molecule has 0 saturated carbocycles. The third-order valence-corrected chi connectivity index (χ3v) is 3.93. The van der Waals surface area contributed by atoms with Crippen molar-refractivity contribution in [3.63, 3.8) is 0 Å². The van der Waals surface area contributed by atoms with Gasteiger partial charge in [0, 0.05) is 18.8 Å². The molecule has 2 N–H and O–H groups in total. The lowest BCUT2D eigenvalue weighted by Gasteiger charge is -2.34. The Bertz CT molecular complexity index is 560. The van der Waals surface area contributed by atoms with Gasteiger partial charge in [0.15, 0.2) is 5.65 Å². The molecule has 1 aliphatic rings. The zero-order valence-electron chi connectivity index (χ0n) is 11.4. The Balaban J connectivity index is 1.95. The predicted molar refractivity (Wildman–Crippen MR) is 76.4 cm³/mol. The van der Waals surface area contributed by atoms with E-state index in [1.807, 2.05) is 16.8 Å². The van der Waals surface area contributed by atoms with Crippen LogP contribution in [0.3, 0.4) is 0 Å². The molecule has 1 unspecified atom stereocenters. The van der Waals surface area contributed by atoms with Crippen molar-refractivity contribution in [2.24, 2.45) is 5.73 Å². The van der Waals surface area contributed by atoms with Crippen LogP contribution in [-0.4, -0.2) is 33.7 Å². The fourth-order valence-electron chi connectivity index (χ4n) is 2.91. The Hall–Kier alpha value is -1.62. The second-order valence-electron chi connectivity index (χ2n) is 5.29. The van der Waals surface area contributed by atoms with E-state index in [0.29, 0.717) is 6.04 Å². The van der Waals surface area contributed by atoms with Crippen molar-refractivity contribution >= 4 is 11.6 Å². The predicted octanol–water partition coefficient (Wildman–Crippen LogP) is 1.75. The molecule has 19 heavy (non-hydrogen) atoms. The zero-order valence-corrected chi connectivity index (χ0v) is 11.4. The molecule has 0 aliphatic carbocycles. The highest BCUT2D eigenvalue weighted by Crippen LogP contribution is 2.24. The summed E-state index contributed by atoms with van der Waals surface area (Å²) in [6.07, 6.45) is 6.68. The third kappa shape index (κ3) is 2.30. The minimum Gasteiger partial charge on any atom is -0.336 e. The van der Waals surface area contributed by atoms with Gasteiger partial charge >= 0.3 is 0 Å². The molecule has 0 amide bonds. The summed E-state index contributed by atoms with van der Waals surface area (Å²) in [5.74, 6) is 0.854. The minimum absolute atomic E-state index is 0.497. The molecule has 1 fully saturated rings. The number of hydrogen-bond acceptors (Lipinski definition) is 4. The monoisotopic (exact) mass is 259 g/mol. The molecule has 0 aromatic carbocycles. The molecular weight excluding hydrogens is 238 g/mol. The molecule has 3 heterocycles. The SMILES string of the molecule is Cc1cccn2nc(N3CCCCC3CCN)nc12. The highest BCUT2D eigenvalue weighted by Gasteiger charge is 2.25. The first-order valence-corrected chi connectivity index (χ1v) is 7.08. The van der Waals surface area contributed by atoms with Gasteiger partial charge in [-0.3, -0.25) is 0 Å². The molecule has 3 rings (SSSR count). The van der Waals surface area contributed by atoms with E-state index < -0.39 is 0 Å². The van der Waals surface area contributed by atoms with Crippen molar-refractivity contribution in [3.05, 3.63) is 23.9 Å². The van der Waals surface area contributed by atoms with Gasteiger partial charge in [-0.05, 0) is 50.8 Å². The topological polar surface area (TPSA) is 59.5 Å². The van der Waals surface area contributed by atoms with Crippen LogP contribution in [0.5, 0.6) is 0 Å². The minimum atomic E-state index is 0.497. The maximum atomic E-state index is 5.73. The number of hydrogen-bond donors (Lipinski definition) is 1. The maximum absolute atomic E-state index is 5.73. The molecule has 0 bridgehead atoms. The van der Waals surface area contributed by atoms with Gasteiger partial charge in [0.2, 0.25) is 5.95 Å². The third-order valence-electron chi connectivity index (χ3n) is 3.93. The van der Waals surface area contributed by atoms with Gasteiger partial charge in [-0.15, -0.1) is 5.10 Å². The van der Waals surface area contributed by atoms with E-state index in [9.17, 15) is 0 Å². The number of aryl methyl sites for hydroxylation is 1. The normalized spacial score (nSPS) is 20.1. The van der Waals surface area contributed by atoms with Crippen LogP contribution in [0.4, 0.5) is 5.95 Å². The van der Waals surface area contributed by atoms with Gasteiger partial charge in [0.1, 0.15) is 0 Å². The van der Waals surface area contributed by atoms with Crippen LogP contribution in [0.15, 0.2) is 18.3 Å². The first-order chi connectivity index (χ1) is 9.29. The van der Waals surface area contributed by atoms with Gasteiger partial charge in [0.05, 0.1) is 0 Å². The first-order valence-electron chi connectivity index (χ1n) is 7.08. The molecule has 5 nitrogen and oxygen atoms in total. The summed E-state index contributed by atoms with van der Waals surface area (Å²) in [6.45, 7) is 3.84. The smallest absolute Gasteiger partial charge is 0.245 e. The molecule has 1 atom stereocenters. The Morgan fingerprint density at radius 3 is 3.11 bits per heavy atom. The van der Waals surface area contributed by atoms with Gasteiger partial charge in [-0.25, -0.2) is 4.52 Å². The van der Waals surface area contributed by atoms with Crippen LogP contribution in [-0.2, 0) is 0 Å². The Kier molecular flexibility index (Phi) is 3.38. The molecule has 2 aromatic heterocycles. The lowest BCUT2D eigenvalue weighted by molar-refractivity contribution is 0.435. The molecule has 102 valence electrons. The largest absolute Gasteiger partial charge is 0.336 e. The van der Waals surface area contributed by atoms with Gasteiger partial charge in [0.25, 0.3) is 0 Å². The Morgan fingerprint density at radius 1 is 1.42 bits per heavy atom. The van der Waals surface area contributed by atoms with Crippen LogP contribution in [0, 0.1) is 6.92 Å². The van der Waals surface area contributed by atoms with E-state index in [1.165, 1.54) is 19.3 Å². The van der Waals surface area contributed by atoms with Crippen molar-refractivity contribution in [2.75, 3.05) is 18.0 Å². The number of fused-ring (bicyclic) bond motifs is 1. The fraction of sp³-hybridized carbons (Fsp3) is 0.571. The average Bonchev–Trinajstić information content (AvgIpc) is 2.85. The number of nitrogens with two attached hydrogens (primary N) is 1. The summed E-state index contributed by atoms with van der Waals surface area (Å²) < 4.78 is 1.87. The van der Waals surface area contributed by atoms with Crippen molar-refractivity contribution in [2.45, 2.75) is 38.6 Å². The summed E-state index contributed by atoms with van der Waals surface area (Å²) >= 11 is 0. The standard InChI is InChI=1S/C14H21N5/c1-11-5-4-10-19-13(11)16-14(17-19)18-9-3-2-6-12(18)7-8-15/h4-5,10,12H,2-3,6-9,15H2,1H3. The molecule has 0 radical (unpaired) electrons. The average molecular weight is 259 g/mol. The number of anilines is 1. The van der Waals surface area contributed by atoms with Crippen LogP contribution in [0.1, 0.15) is 31.2 Å². The van der Waals surface area contributed by atoms with Crippen molar-refractivity contribution < 1.29 is 0 Å². The van der Waals surface area contributed by atoms with Crippen LogP contribution in [0.2, 0.25) is 0 Å². The molecule has 5 heteroatoms. The zero-order chi connectivity index (χ0) is 13.2. The van der Waals surface area contributed by atoms with Crippen molar-refractivity contribution in [3.8, 4) is 0 Å². The van der Waals surface area contributed by atoms with E-state index in [4.69, 9.17) is 10.7 Å². The van der Waals surface area contributed by atoms with E-state index in [1.54, 1.807) is 0 Å². The number of nitrogens with zero attached hydrogens (tertiary/aromatic N) is 4.